The van der Waals surface area contributed by atoms with Crippen LogP contribution in [0.1, 0.15) is 38.6 Å². The van der Waals surface area contributed by atoms with Gasteiger partial charge in [0.25, 0.3) is 0 Å². The number of hydrogen-bond acceptors (Lipinski definition) is 9. The third kappa shape index (κ3) is 5.94. The average molecular weight is 535 g/mol. The van der Waals surface area contributed by atoms with Crippen LogP contribution in [0.3, 0.4) is 0 Å². The Kier molecular flexibility index (Phi) is 8.53. The Morgan fingerprint density at radius 2 is 1.92 bits per heavy atom. The van der Waals surface area contributed by atoms with E-state index in [-0.39, 0.29) is 17.6 Å². The molecule has 3 aromatic heterocycles. The first-order valence-electron chi connectivity index (χ1n) is 10.8. The predicted octanol–water partition coefficient (Wildman–Crippen LogP) is 2.51. The molecule has 0 saturated carbocycles. The molecule has 0 spiro atoms. The number of amidine groups is 1. The molecule has 3 N–H and O–H groups in total. The number of ether oxygens (including phenoxy) is 1. The molecule has 192 valence electrons. The predicted molar refractivity (Wildman–Crippen MR) is 137 cm³/mol. The van der Waals surface area contributed by atoms with E-state index in [1.807, 2.05) is 0 Å². The highest BCUT2D eigenvalue weighted by atomic mass is 35.5. The highest BCUT2D eigenvalue weighted by Gasteiger charge is 2.32. The summed E-state index contributed by atoms with van der Waals surface area (Å²) < 4.78 is 35.8. The van der Waals surface area contributed by atoms with Crippen LogP contribution >= 0.6 is 11.6 Å². The quantitative estimate of drug-likeness (QED) is 0.261. The number of aliphatic imine (C=N–C) groups is 1. The van der Waals surface area contributed by atoms with Gasteiger partial charge in [0.05, 0.1) is 29.8 Å². The number of pyridine rings is 1. The maximum absolute atomic E-state index is 13.3. The number of nitrogens with one attached hydrogen (secondary N) is 3. The topological polar surface area (TPSA) is 173 Å². The molecular formula is C21H27ClN10O3S. The summed E-state index contributed by atoms with van der Waals surface area (Å²) in [5.74, 6) is 0.172. The van der Waals surface area contributed by atoms with Crippen LogP contribution in [-0.4, -0.2) is 69.7 Å². The van der Waals surface area contributed by atoms with Crippen molar-refractivity contribution < 1.29 is 13.2 Å². The van der Waals surface area contributed by atoms with Gasteiger partial charge < -0.3 is 10.1 Å². The van der Waals surface area contributed by atoms with Gasteiger partial charge in [-0.05, 0) is 19.9 Å². The molecule has 0 radical (unpaired) electrons. The summed E-state index contributed by atoms with van der Waals surface area (Å²) in [7, 11) is -0.872. The number of sulfonamides is 1. The van der Waals surface area contributed by atoms with E-state index in [0.717, 1.165) is 0 Å². The van der Waals surface area contributed by atoms with Gasteiger partial charge in [-0.3, -0.25) is 14.7 Å². The molecule has 0 aliphatic carbocycles. The monoisotopic (exact) mass is 534 g/mol. The van der Waals surface area contributed by atoms with E-state index in [4.69, 9.17) is 21.7 Å². The molecule has 0 saturated heterocycles. The van der Waals surface area contributed by atoms with Crippen LogP contribution in [0.2, 0.25) is 5.02 Å². The van der Waals surface area contributed by atoms with E-state index in [1.54, 1.807) is 46.0 Å². The smallest absolute Gasteiger partial charge is 0.239 e. The van der Waals surface area contributed by atoms with Crippen LogP contribution in [0.25, 0.3) is 11.5 Å². The van der Waals surface area contributed by atoms with Crippen molar-refractivity contribution in [2.75, 3.05) is 18.9 Å². The van der Waals surface area contributed by atoms with E-state index in [1.165, 1.54) is 30.4 Å². The minimum atomic E-state index is -4.00. The van der Waals surface area contributed by atoms with Crippen molar-refractivity contribution >= 4 is 39.7 Å². The number of rotatable bonds is 10. The van der Waals surface area contributed by atoms with E-state index in [2.05, 4.69) is 40.2 Å². The van der Waals surface area contributed by atoms with Crippen molar-refractivity contribution in [1.29, 1.82) is 5.41 Å². The second-order valence-corrected chi connectivity index (χ2v) is 10.3. The Labute approximate surface area is 214 Å². The molecule has 13 nitrogen and oxygen atoms in total. The van der Waals surface area contributed by atoms with E-state index in [0.29, 0.717) is 22.4 Å². The molecule has 0 amide bonds. The minimum Gasteiger partial charge on any atom is -0.481 e. The summed E-state index contributed by atoms with van der Waals surface area (Å²) in [6.45, 7) is 4.92. The molecular weight excluding hydrogens is 508 g/mol. The lowest BCUT2D eigenvalue weighted by molar-refractivity contribution is 0.398. The molecule has 3 aromatic rings. The Morgan fingerprint density at radius 3 is 2.56 bits per heavy atom. The van der Waals surface area contributed by atoms with Gasteiger partial charge in [0.1, 0.15) is 17.4 Å². The molecule has 0 fully saturated rings. The molecule has 15 heteroatoms. The van der Waals surface area contributed by atoms with E-state index >= 15 is 0 Å². The van der Waals surface area contributed by atoms with Crippen LogP contribution in [0, 0.1) is 5.41 Å². The summed E-state index contributed by atoms with van der Waals surface area (Å²) in [5.41, 5.74) is 0.375. The lowest BCUT2D eigenvalue weighted by atomic mass is 10.1. The van der Waals surface area contributed by atoms with Crippen LogP contribution in [-0.2, 0) is 10.0 Å². The zero-order chi connectivity index (χ0) is 26.5. The van der Waals surface area contributed by atoms with Gasteiger partial charge in [0, 0.05) is 31.4 Å². The lowest BCUT2D eigenvalue weighted by Crippen LogP contribution is -2.32. The van der Waals surface area contributed by atoms with Gasteiger partial charge in [0.15, 0.2) is 5.82 Å². The number of halogens is 1. The van der Waals surface area contributed by atoms with Gasteiger partial charge in [0.2, 0.25) is 21.9 Å². The minimum absolute atomic E-state index is 0.0651. The van der Waals surface area contributed by atoms with Crippen molar-refractivity contribution in [1.82, 2.24) is 35.0 Å². The first-order valence-corrected chi connectivity index (χ1v) is 12.7. The Balaban J connectivity index is 2.02. The maximum Gasteiger partial charge on any atom is 0.239 e. The maximum atomic E-state index is 13.3. The zero-order valence-corrected chi connectivity index (χ0v) is 21.9. The molecule has 3 rings (SSSR count). The number of methoxy groups -OCH3 is 1. The first-order chi connectivity index (χ1) is 17.1. The fourth-order valence-electron chi connectivity index (χ4n) is 3.18. The van der Waals surface area contributed by atoms with Crippen molar-refractivity contribution in [3.05, 3.63) is 41.4 Å². The molecule has 3 heterocycles. The highest BCUT2D eigenvalue weighted by Crippen LogP contribution is 2.28. The molecule has 0 bridgehead atoms. The van der Waals surface area contributed by atoms with Crippen LogP contribution in [0.4, 0.5) is 5.95 Å². The van der Waals surface area contributed by atoms with Crippen LogP contribution in [0.15, 0.2) is 35.6 Å². The first kappa shape index (κ1) is 26.9. The van der Waals surface area contributed by atoms with Gasteiger partial charge in [-0.2, -0.15) is 0 Å². The third-order valence-electron chi connectivity index (χ3n) is 5.45. The summed E-state index contributed by atoms with van der Waals surface area (Å²) in [6.07, 6.45) is 4.18. The normalized spacial score (nSPS) is 14.3. The fourth-order valence-corrected chi connectivity index (χ4v) is 4.51. The van der Waals surface area contributed by atoms with Gasteiger partial charge >= 0.3 is 0 Å². The molecule has 0 aliphatic rings. The molecule has 0 unspecified atom stereocenters. The number of anilines is 1. The van der Waals surface area contributed by atoms with Gasteiger partial charge in [-0.15, -0.1) is 10.2 Å². The van der Waals surface area contributed by atoms with Gasteiger partial charge in [-0.25, -0.2) is 28.4 Å². The van der Waals surface area contributed by atoms with Crippen molar-refractivity contribution in [2.24, 2.45) is 4.99 Å². The molecule has 0 aromatic carbocycles. The van der Waals surface area contributed by atoms with E-state index in [9.17, 15) is 8.42 Å². The fraction of sp³-hybridized carbons (Fsp3) is 0.381. The Morgan fingerprint density at radius 1 is 1.22 bits per heavy atom. The van der Waals surface area contributed by atoms with Crippen molar-refractivity contribution in [2.45, 2.75) is 38.0 Å². The Hall–Kier alpha value is -3.65. The van der Waals surface area contributed by atoms with Crippen molar-refractivity contribution in [3.63, 3.8) is 0 Å². The summed E-state index contributed by atoms with van der Waals surface area (Å²) >= 11 is 5.85. The summed E-state index contributed by atoms with van der Waals surface area (Å²) in [5, 5.41) is 18.7. The largest absolute Gasteiger partial charge is 0.481 e. The SMILES string of the molecule is CN/C=N\C(=N)[C@H](C)n1c(NS(=O)(=O)[C@@H](C)[C@H](C)c2ncc(Cl)cn2)nnc1-c1cccc(OC)n1. The lowest BCUT2D eigenvalue weighted by Gasteiger charge is -2.21. The summed E-state index contributed by atoms with van der Waals surface area (Å²) in [4.78, 5) is 16.7. The standard InChI is InChI=1S/C21H27ClN10O3S/c1-12(19-25-9-15(22)10-26-19)14(3)36(33,34)31-21-30-29-20(16-7-6-8-17(28-16)35-5)32(21)13(2)18(23)27-11-24-4/h6-14H,1-5H3,(H,30,31)(H2,23,24,27)/t12-,13-,14-/m0/s1. The Bertz CT molecular complexity index is 1340. The van der Waals surface area contributed by atoms with E-state index < -0.39 is 27.2 Å². The van der Waals surface area contributed by atoms with Crippen molar-refractivity contribution in [3.8, 4) is 17.4 Å². The zero-order valence-electron chi connectivity index (χ0n) is 20.3. The molecule has 36 heavy (non-hydrogen) atoms. The molecule has 3 atom stereocenters. The van der Waals surface area contributed by atoms with Gasteiger partial charge in [-0.1, -0.05) is 24.6 Å². The second kappa shape index (κ2) is 11.4. The third-order valence-corrected chi connectivity index (χ3v) is 7.50. The average Bonchev–Trinajstić information content (AvgIpc) is 3.28. The number of aromatic nitrogens is 6. The summed E-state index contributed by atoms with van der Waals surface area (Å²) in [6, 6.07) is 4.31. The van der Waals surface area contributed by atoms with Crippen LogP contribution < -0.4 is 14.8 Å². The highest BCUT2D eigenvalue weighted by molar-refractivity contribution is 7.93. The van der Waals surface area contributed by atoms with Crippen LogP contribution in [0.5, 0.6) is 5.88 Å². The number of hydrogen-bond donors (Lipinski definition) is 3. The molecule has 0 aliphatic heterocycles. The second-order valence-electron chi connectivity index (χ2n) is 7.79. The number of nitrogens with zero attached hydrogens (tertiary/aromatic N) is 7.